The van der Waals surface area contributed by atoms with Gasteiger partial charge in [-0.1, -0.05) is 61.4 Å². The maximum absolute atomic E-state index is 13.6. The van der Waals surface area contributed by atoms with Crippen molar-refractivity contribution in [2.24, 2.45) is 0 Å². The SMILES string of the molecule is CCOC(=O)c1ccc(N2CCN(CCCCCC3(C(=O)NCC(F)(F)F)c4ccccc4-c4ccccc43)CC2)cc1. The number of benzene rings is 3. The summed E-state index contributed by atoms with van der Waals surface area (Å²) in [4.78, 5) is 30.3. The highest BCUT2D eigenvalue weighted by Crippen LogP contribution is 2.51. The largest absolute Gasteiger partial charge is 0.462 e. The zero-order chi connectivity index (χ0) is 30.5. The molecule has 1 amide bonds. The van der Waals surface area contributed by atoms with E-state index in [9.17, 15) is 22.8 Å². The Kier molecular flexibility index (Phi) is 9.40. The van der Waals surface area contributed by atoms with Gasteiger partial charge in [-0.2, -0.15) is 13.2 Å². The van der Waals surface area contributed by atoms with Gasteiger partial charge in [-0.05, 0) is 72.8 Å². The van der Waals surface area contributed by atoms with E-state index in [0.717, 1.165) is 79.9 Å². The Hall–Kier alpha value is -3.85. The van der Waals surface area contributed by atoms with Crippen LogP contribution < -0.4 is 10.2 Å². The van der Waals surface area contributed by atoms with Crippen LogP contribution in [0.5, 0.6) is 0 Å². The summed E-state index contributed by atoms with van der Waals surface area (Å²) in [7, 11) is 0. The van der Waals surface area contributed by atoms with Crippen molar-refractivity contribution in [3.63, 3.8) is 0 Å². The molecule has 0 unspecified atom stereocenters. The van der Waals surface area contributed by atoms with Gasteiger partial charge < -0.3 is 15.0 Å². The Bertz CT molecular complexity index is 1370. The molecule has 1 saturated heterocycles. The second kappa shape index (κ2) is 13.2. The number of piperazine rings is 1. The number of anilines is 1. The number of nitrogens with zero attached hydrogens (tertiary/aromatic N) is 2. The maximum Gasteiger partial charge on any atom is 0.405 e. The summed E-state index contributed by atoms with van der Waals surface area (Å²) in [6, 6.07) is 22.7. The number of hydrogen-bond acceptors (Lipinski definition) is 5. The predicted octanol–water partition coefficient (Wildman–Crippen LogP) is 6.19. The first-order valence-electron chi connectivity index (χ1n) is 15.0. The molecule has 0 aromatic heterocycles. The highest BCUT2D eigenvalue weighted by molar-refractivity contribution is 6.00. The molecular weight excluding hydrogens is 555 g/mol. The van der Waals surface area contributed by atoms with Gasteiger partial charge in [0.05, 0.1) is 12.2 Å². The Morgan fingerprint density at radius 3 is 2.02 bits per heavy atom. The lowest BCUT2D eigenvalue weighted by atomic mass is 9.73. The van der Waals surface area contributed by atoms with E-state index >= 15 is 0 Å². The average molecular weight is 594 g/mol. The quantitative estimate of drug-likeness (QED) is 0.212. The molecule has 1 aliphatic carbocycles. The molecule has 0 saturated carbocycles. The lowest BCUT2D eigenvalue weighted by molar-refractivity contribution is -0.141. The zero-order valence-corrected chi connectivity index (χ0v) is 24.5. The van der Waals surface area contributed by atoms with Crippen LogP contribution in [0.15, 0.2) is 72.8 Å². The first-order valence-corrected chi connectivity index (χ1v) is 15.0. The number of nitrogens with one attached hydrogen (secondary N) is 1. The van der Waals surface area contributed by atoms with Crippen LogP contribution in [0.3, 0.4) is 0 Å². The Balaban J connectivity index is 1.17. The van der Waals surface area contributed by atoms with Gasteiger partial charge in [0.25, 0.3) is 0 Å². The molecule has 1 aliphatic heterocycles. The number of hydrogen-bond donors (Lipinski definition) is 1. The lowest BCUT2D eigenvalue weighted by Crippen LogP contribution is -2.47. The maximum atomic E-state index is 13.6. The van der Waals surface area contributed by atoms with E-state index in [4.69, 9.17) is 4.74 Å². The van der Waals surface area contributed by atoms with E-state index in [1.165, 1.54) is 0 Å². The second-order valence-corrected chi connectivity index (χ2v) is 11.2. The summed E-state index contributed by atoms with van der Waals surface area (Å²) in [5.41, 5.74) is 3.87. The van der Waals surface area contributed by atoms with Gasteiger partial charge in [-0.3, -0.25) is 9.69 Å². The first-order chi connectivity index (χ1) is 20.7. The molecule has 1 N–H and O–H groups in total. The zero-order valence-electron chi connectivity index (χ0n) is 24.5. The molecule has 9 heteroatoms. The van der Waals surface area contributed by atoms with Crippen molar-refractivity contribution in [2.45, 2.75) is 44.2 Å². The molecule has 3 aromatic carbocycles. The van der Waals surface area contributed by atoms with Gasteiger partial charge in [0, 0.05) is 31.9 Å². The van der Waals surface area contributed by atoms with E-state index < -0.39 is 24.0 Å². The Labute approximate surface area is 250 Å². The predicted molar refractivity (Wildman–Crippen MR) is 161 cm³/mol. The fourth-order valence-corrected chi connectivity index (χ4v) is 6.44. The number of unbranched alkanes of at least 4 members (excludes halogenated alkanes) is 2. The monoisotopic (exact) mass is 593 g/mol. The van der Waals surface area contributed by atoms with Crippen LogP contribution in [0, 0.1) is 0 Å². The molecule has 228 valence electrons. The van der Waals surface area contributed by atoms with Crippen molar-refractivity contribution in [1.29, 1.82) is 0 Å². The van der Waals surface area contributed by atoms with Crippen molar-refractivity contribution >= 4 is 17.6 Å². The number of alkyl halides is 3. The van der Waals surface area contributed by atoms with Crippen molar-refractivity contribution < 1.29 is 27.5 Å². The summed E-state index contributed by atoms with van der Waals surface area (Å²) in [5.74, 6) is -0.901. The van der Waals surface area contributed by atoms with Gasteiger partial charge in [0.15, 0.2) is 0 Å². The van der Waals surface area contributed by atoms with Crippen LogP contribution in [0.25, 0.3) is 11.1 Å². The number of ether oxygens (including phenoxy) is 1. The van der Waals surface area contributed by atoms with E-state index in [1.807, 2.05) is 60.7 Å². The number of fused-ring (bicyclic) bond motifs is 3. The molecule has 0 radical (unpaired) electrons. The third-order valence-electron chi connectivity index (χ3n) is 8.54. The van der Waals surface area contributed by atoms with Gasteiger partial charge in [0.2, 0.25) is 5.91 Å². The fourth-order valence-electron chi connectivity index (χ4n) is 6.44. The lowest BCUT2D eigenvalue weighted by Gasteiger charge is -2.36. The fraction of sp³-hybridized carbons (Fsp3) is 0.412. The third-order valence-corrected chi connectivity index (χ3v) is 8.54. The minimum absolute atomic E-state index is 0.312. The molecule has 5 rings (SSSR count). The number of carbonyl (C=O) groups is 2. The molecule has 0 bridgehead atoms. The molecule has 3 aromatic rings. The normalized spacial score (nSPS) is 16.0. The van der Waals surface area contributed by atoms with E-state index in [0.29, 0.717) is 18.6 Å². The van der Waals surface area contributed by atoms with Crippen LogP contribution in [-0.2, 0) is 14.9 Å². The van der Waals surface area contributed by atoms with Crippen LogP contribution in [0.4, 0.5) is 18.9 Å². The van der Waals surface area contributed by atoms with E-state index in [-0.39, 0.29) is 5.97 Å². The molecule has 43 heavy (non-hydrogen) atoms. The minimum Gasteiger partial charge on any atom is -0.462 e. The van der Waals surface area contributed by atoms with E-state index in [2.05, 4.69) is 15.1 Å². The molecule has 0 spiro atoms. The highest BCUT2D eigenvalue weighted by atomic mass is 19.4. The Morgan fingerprint density at radius 2 is 1.44 bits per heavy atom. The number of halogens is 3. The average Bonchev–Trinajstić information content (AvgIpc) is 3.30. The van der Waals surface area contributed by atoms with Gasteiger partial charge in [-0.25, -0.2) is 4.79 Å². The highest BCUT2D eigenvalue weighted by Gasteiger charge is 2.49. The van der Waals surface area contributed by atoms with E-state index in [1.54, 1.807) is 19.1 Å². The van der Waals surface area contributed by atoms with Gasteiger partial charge in [-0.15, -0.1) is 0 Å². The van der Waals surface area contributed by atoms with Crippen molar-refractivity contribution in [3.8, 4) is 11.1 Å². The van der Waals surface area contributed by atoms with Crippen LogP contribution in [0.2, 0.25) is 0 Å². The summed E-state index contributed by atoms with van der Waals surface area (Å²) < 4.78 is 44.4. The van der Waals surface area contributed by atoms with Gasteiger partial charge >= 0.3 is 12.1 Å². The molecule has 1 fully saturated rings. The molecule has 0 atom stereocenters. The minimum atomic E-state index is -4.48. The number of rotatable bonds is 11. The number of carbonyl (C=O) groups excluding carboxylic acids is 2. The van der Waals surface area contributed by atoms with Crippen molar-refractivity contribution in [3.05, 3.63) is 89.5 Å². The summed E-state index contributed by atoms with van der Waals surface area (Å²) in [5, 5.41) is 2.21. The summed E-state index contributed by atoms with van der Waals surface area (Å²) in [6.45, 7) is 5.33. The van der Waals surface area contributed by atoms with Gasteiger partial charge in [0.1, 0.15) is 12.0 Å². The topological polar surface area (TPSA) is 61.9 Å². The first kappa shape index (κ1) is 30.6. The molecule has 2 aliphatic rings. The smallest absolute Gasteiger partial charge is 0.405 e. The number of amides is 1. The van der Waals surface area contributed by atoms with Crippen molar-refractivity contribution in [2.75, 3.05) is 50.8 Å². The number of esters is 1. The van der Waals surface area contributed by atoms with Crippen molar-refractivity contribution in [1.82, 2.24) is 10.2 Å². The van der Waals surface area contributed by atoms with Crippen LogP contribution >= 0.6 is 0 Å². The van der Waals surface area contributed by atoms with Crippen LogP contribution in [0.1, 0.15) is 54.1 Å². The van der Waals surface area contributed by atoms with Crippen LogP contribution in [-0.4, -0.2) is 68.8 Å². The Morgan fingerprint density at radius 1 is 0.837 bits per heavy atom. The standard InChI is InChI=1S/C34H38F3N3O3/c1-2-43-31(41)25-14-16-26(17-15-25)40-22-20-39(21-23-40)19-9-3-8-18-33(32(42)38-24-34(35,36)37)29-12-6-4-10-27(29)28-11-5-7-13-30(28)33/h4-7,10-17H,2-3,8-9,18-24H2,1H3,(H,38,42). The molecule has 1 heterocycles. The second-order valence-electron chi connectivity index (χ2n) is 11.2. The molecule has 6 nitrogen and oxygen atoms in total. The summed E-state index contributed by atoms with van der Waals surface area (Å²) >= 11 is 0. The molecular formula is C34H38F3N3O3. The summed E-state index contributed by atoms with van der Waals surface area (Å²) in [6.07, 6.45) is -1.51. The third kappa shape index (κ3) is 6.72.